The molecule has 5 nitrogen and oxygen atoms in total. The van der Waals surface area contributed by atoms with Crippen molar-refractivity contribution in [2.75, 3.05) is 39.0 Å². The number of anilines is 1. The van der Waals surface area contributed by atoms with Crippen LogP contribution in [-0.2, 0) is 0 Å². The maximum absolute atomic E-state index is 12.8. The molecule has 1 aromatic carbocycles. The first-order chi connectivity index (χ1) is 10.5. The molecule has 120 valence electrons. The van der Waals surface area contributed by atoms with Crippen LogP contribution in [0.15, 0.2) is 12.1 Å². The molecule has 0 radical (unpaired) electrons. The van der Waals surface area contributed by atoms with Gasteiger partial charge in [0.1, 0.15) is 5.75 Å². The van der Waals surface area contributed by atoms with Crippen LogP contribution in [-0.4, -0.2) is 44.1 Å². The second-order valence-electron chi connectivity index (χ2n) is 6.29. The maximum Gasteiger partial charge on any atom is 0.257 e. The van der Waals surface area contributed by atoms with Gasteiger partial charge in [-0.15, -0.1) is 0 Å². The molecular weight excluding hydrogens is 302 g/mol. The lowest BCUT2D eigenvalue weighted by Gasteiger charge is -2.39. The van der Waals surface area contributed by atoms with Gasteiger partial charge >= 0.3 is 0 Å². The first kappa shape index (κ1) is 15.4. The van der Waals surface area contributed by atoms with E-state index in [1.54, 1.807) is 12.1 Å². The summed E-state index contributed by atoms with van der Waals surface area (Å²) in [5.74, 6) is 0.453. The van der Waals surface area contributed by atoms with Gasteiger partial charge in [-0.3, -0.25) is 4.79 Å². The number of methoxy groups -OCH3 is 1. The molecule has 2 aliphatic heterocycles. The number of carbonyl (C=O) groups excluding carboxylic acids is 1. The number of nitrogen functional groups attached to an aromatic ring is 1. The van der Waals surface area contributed by atoms with Crippen molar-refractivity contribution in [3.05, 3.63) is 22.7 Å². The fraction of sp³-hybridized carbons (Fsp3) is 0.562. The Kier molecular flexibility index (Phi) is 4.19. The molecule has 3 N–H and O–H groups in total. The maximum atomic E-state index is 12.8. The summed E-state index contributed by atoms with van der Waals surface area (Å²) in [6.45, 7) is 3.73. The van der Waals surface area contributed by atoms with Crippen molar-refractivity contribution in [1.29, 1.82) is 0 Å². The standard InChI is InChI=1S/C16H22ClN3O2/c1-22-14-9-13(18)12(17)8-11(14)15(21)20-6-3-16(4-7-20)2-5-19-10-16/h8-9,19H,2-7,10,18H2,1H3. The van der Waals surface area contributed by atoms with Crippen LogP contribution in [0.4, 0.5) is 5.69 Å². The van der Waals surface area contributed by atoms with E-state index in [1.807, 2.05) is 4.90 Å². The van der Waals surface area contributed by atoms with Gasteiger partial charge in [0.15, 0.2) is 0 Å². The van der Waals surface area contributed by atoms with E-state index in [0.717, 1.165) is 39.0 Å². The average molecular weight is 324 g/mol. The largest absolute Gasteiger partial charge is 0.496 e. The van der Waals surface area contributed by atoms with Crippen LogP contribution in [0.2, 0.25) is 5.02 Å². The van der Waals surface area contributed by atoms with Crippen LogP contribution in [0.25, 0.3) is 0 Å². The van der Waals surface area contributed by atoms with Gasteiger partial charge in [-0.05, 0) is 37.3 Å². The topological polar surface area (TPSA) is 67.6 Å². The molecule has 1 aromatic rings. The van der Waals surface area contributed by atoms with Crippen LogP contribution < -0.4 is 15.8 Å². The van der Waals surface area contributed by atoms with E-state index in [9.17, 15) is 4.79 Å². The van der Waals surface area contributed by atoms with Gasteiger partial charge in [0, 0.05) is 25.7 Å². The van der Waals surface area contributed by atoms with Gasteiger partial charge in [-0.25, -0.2) is 0 Å². The summed E-state index contributed by atoms with van der Waals surface area (Å²) in [6, 6.07) is 3.22. The van der Waals surface area contributed by atoms with E-state index >= 15 is 0 Å². The van der Waals surface area contributed by atoms with Crippen molar-refractivity contribution in [2.45, 2.75) is 19.3 Å². The number of likely N-dealkylation sites (tertiary alicyclic amines) is 1. The smallest absolute Gasteiger partial charge is 0.257 e. The minimum absolute atomic E-state index is 0.0282. The third kappa shape index (κ3) is 2.75. The number of nitrogens with two attached hydrogens (primary N) is 1. The molecule has 2 aliphatic rings. The number of carbonyl (C=O) groups is 1. The number of nitrogens with zero attached hydrogens (tertiary/aromatic N) is 1. The Morgan fingerprint density at radius 2 is 2.09 bits per heavy atom. The monoisotopic (exact) mass is 323 g/mol. The molecule has 0 aromatic heterocycles. The summed E-state index contributed by atoms with van der Waals surface area (Å²) >= 11 is 6.06. The van der Waals surface area contributed by atoms with Crippen molar-refractivity contribution < 1.29 is 9.53 Å². The van der Waals surface area contributed by atoms with Crippen molar-refractivity contribution in [3.63, 3.8) is 0 Å². The zero-order chi connectivity index (χ0) is 15.7. The molecule has 6 heteroatoms. The molecule has 3 rings (SSSR count). The highest BCUT2D eigenvalue weighted by molar-refractivity contribution is 6.33. The predicted molar refractivity (Wildman–Crippen MR) is 87.5 cm³/mol. The lowest BCUT2D eigenvalue weighted by Crippen LogP contribution is -2.44. The lowest BCUT2D eigenvalue weighted by atomic mass is 9.78. The minimum atomic E-state index is -0.0282. The Morgan fingerprint density at radius 3 is 2.68 bits per heavy atom. The number of rotatable bonds is 2. The van der Waals surface area contributed by atoms with Crippen molar-refractivity contribution in [3.8, 4) is 5.75 Å². The Hall–Kier alpha value is -1.46. The molecule has 2 fully saturated rings. The molecular formula is C16H22ClN3O2. The number of ether oxygens (including phenoxy) is 1. The highest BCUT2D eigenvalue weighted by Gasteiger charge is 2.38. The van der Waals surface area contributed by atoms with E-state index in [2.05, 4.69) is 5.32 Å². The minimum Gasteiger partial charge on any atom is -0.496 e. The van der Waals surface area contributed by atoms with E-state index in [4.69, 9.17) is 22.1 Å². The van der Waals surface area contributed by atoms with Crippen LogP contribution in [0, 0.1) is 5.41 Å². The molecule has 2 saturated heterocycles. The SMILES string of the molecule is COc1cc(N)c(Cl)cc1C(=O)N1CCC2(CCNC2)CC1. The number of hydrogen-bond acceptors (Lipinski definition) is 4. The summed E-state index contributed by atoms with van der Waals surface area (Å²) in [5, 5.41) is 3.82. The quantitative estimate of drug-likeness (QED) is 0.818. The zero-order valence-electron chi connectivity index (χ0n) is 12.8. The molecule has 1 spiro atoms. The molecule has 0 aliphatic carbocycles. The van der Waals surface area contributed by atoms with Gasteiger partial charge < -0.3 is 20.7 Å². The normalized spacial score (nSPS) is 20.4. The van der Waals surface area contributed by atoms with E-state index in [1.165, 1.54) is 13.5 Å². The van der Waals surface area contributed by atoms with E-state index in [0.29, 0.717) is 27.4 Å². The highest BCUT2D eigenvalue weighted by atomic mass is 35.5. The Labute approximate surface area is 135 Å². The lowest BCUT2D eigenvalue weighted by molar-refractivity contribution is 0.0604. The third-order valence-electron chi connectivity index (χ3n) is 4.99. The summed E-state index contributed by atoms with van der Waals surface area (Å²) < 4.78 is 5.29. The molecule has 0 atom stereocenters. The predicted octanol–water partition coefficient (Wildman–Crippen LogP) is 2.15. The van der Waals surface area contributed by atoms with Gasteiger partial charge in [-0.2, -0.15) is 0 Å². The Bertz CT molecular complexity index is 575. The fourth-order valence-corrected chi connectivity index (χ4v) is 3.65. The van der Waals surface area contributed by atoms with E-state index < -0.39 is 0 Å². The highest BCUT2D eigenvalue weighted by Crippen LogP contribution is 2.38. The number of nitrogens with one attached hydrogen (secondary N) is 1. The summed E-state index contributed by atoms with van der Waals surface area (Å²) in [5.41, 5.74) is 7.08. The molecule has 1 amide bonds. The number of hydrogen-bond donors (Lipinski definition) is 2. The second-order valence-corrected chi connectivity index (χ2v) is 6.70. The Balaban J connectivity index is 1.76. The molecule has 0 saturated carbocycles. The molecule has 2 heterocycles. The number of benzene rings is 1. The van der Waals surface area contributed by atoms with Gasteiger partial charge in [-0.1, -0.05) is 11.6 Å². The first-order valence-electron chi connectivity index (χ1n) is 7.68. The summed E-state index contributed by atoms with van der Waals surface area (Å²) in [6.07, 6.45) is 3.32. The van der Waals surface area contributed by atoms with Crippen molar-refractivity contribution in [1.82, 2.24) is 10.2 Å². The van der Waals surface area contributed by atoms with Crippen molar-refractivity contribution in [2.24, 2.45) is 5.41 Å². The second kappa shape index (κ2) is 5.97. The number of halogens is 1. The zero-order valence-corrected chi connectivity index (χ0v) is 13.6. The van der Waals surface area contributed by atoms with Gasteiger partial charge in [0.2, 0.25) is 0 Å². The Morgan fingerprint density at radius 1 is 1.36 bits per heavy atom. The summed E-state index contributed by atoms with van der Waals surface area (Å²) in [4.78, 5) is 14.7. The van der Waals surface area contributed by atoms with Crippen LogP contribution in [0.5, 0.6) is 5.75 Å². The fourth-order valence-electron chi connectivity index (χ4n) is 3.48. The third-order valence-corrected chi connectivity index (χ3v) is 5.32. The average Bonchev–Trinajstić information content (AvgIpc) is 2.98. The van der Waals surface area contributed by atoms with E-state index in [-0.39, 0.29) is 5.91 Å². The summed E-state index contributed by atoms with van der Waals surface area (Å²) in [7, 11) is 1.54. The van der Waals surface area contributed by atoms with Crippen LogP contribution in [0.3, 0.4) is 0 Å². The molecule has 0 bridgehead atoms. The number of amides is 1. The van der Waals surface area contributed by atoms with Gasteiger partial charge in [0.05, 0.1) is 23.4 Å². The molecule has 0 unspecified atom stereocenters. The van der Waals surface area contributed by atoms with Gasteiger partial charge in [0.25, 0.3) is 5.91 Å². The van der Waals surface area contributed by atoms with Crippen LogP contribution in [0.1, 0.15) is 29.6 Å². The number of piperidine rings is 1. The first-order valence-corrected chi connectivity index (χ1v) is 8.05. The molecule has 22 heavy (non-hydrogen) atoms. The van der Waals surface area contributed by atoms with Crippen molar-refractivity contribution >= 4 is 23.2 Å². The van der Waals surface area contributed by atoms with Crippen LogP contribution >= 0.6 is 11.6 Å².